The predicted molar refractivity (Wildman–Crippen MR) is 88.1 cm³/mol. The Hall–Kier alpha value is -2.66. The number of halogens is 2. The van der Waals surface area contributed by atoms with Gasteiger partial charge in [0.25, 0.3) is 5.91 Å². The van der Waals surface area contributed by atoms with E-state index in [1.54, 1.807) is 31.2 Å². The normalized spacial score (nSPS) is 10.6. The van der Waals surface area contributed by atoms with Gasteiger partial charge in [-0.3, -0.25) is 9.89 Å². The second kappa shape index (κ2) is 6.22. The maximum Gasteiger partial charge on any atom is 0.273 e. The fraction of sp³-hybridized carbons (Fsp3) is 0.0588. The fourth-order valence-electron chi connectivity index (χ4n) is 2.11. The van der Waals surface area contributed by atoms with Gasteiger partial charge in [-0.2, -0.15) is 5.10 Å². The standard InChI is InChI=1S/C17H13ClFN3O/c1-10-6-7-11(8-14(10)19)20-17(23)16-9-15(21-22-16)12-4-2-3-5-13(12)18/h2-9H,1H3,(H,20,23)(H,21,22). The first-order chi connectivity index (χ1) is 11.0. The highest BCUT2D eigenvalue weighted by Crippen LogP contribution is 2.26. The van der Waals surface area contributed by atoms with E-state index >= 15 is 0 Å². The van der Waals surface area contributed by atoms with Crippen LogP contribution in [0.3, 0.4) is 0 Å². The number of hydrogen-bond acceptors (Lipinski definition) is 2. The number of H-pyrrole nitrogens is 1. The van der Waals surface area contributed by atoms with Crippen LogP contribution in [0.2, 0.25) is 5.02 Å². The molecular weight excluding hydrogens is 317 g/mol. The second-order valence-corrected chi connectivity index (χ2v) is 5.47. The van der Waals surface area contributed by atoms with Crippen molar-refractivity contribution < 1.29 is 9.18 Å². The van der Waals surface area contributed by atoms with E-state index in [1.807, 2.05) is 18.2 Å². The lowest BCUT2D eigenvalue weighted by atomic mass is 10.1. The molecule has 0 aliphatic carbocycles. The molecule has 6 heteroatoms. The van der Waals surface area contributed by atoms with Gasteiger partial charge in [-0.25, -0.2) is 4.39 Å². The van der Waals surface area contributed by atoms with Gasteiger partial charge in [0.2, 0.25) is 0 Å². The fourth-order valence-corrected chi connectivity index (χ4v) is 2.35. The summed E-state index contributed by atoms with van der Waals surface area (Å²) in [6.45, 7) is 1.66. The van der Waals surface area contributed by atoms with E-state index in [-0.39, 0.29) is 11.5 Å². The minimum Gasteiger partial charge on any atom is -0.321 e. The summed E-state index contributed by atoms with van der Waals surface area (Å²) in [5.74, 6) is -0.775. The van der Waals surface area contributed by atoms with Crippen molar-refractivity contribution in [2.24, 2.45) is 0 Å². The van der Waals surface area contributed by atoms with Crippen LogP contribution in [0.5, 0.6) is 0 Å². The molecule has 116 valence electrons. The smallest absolute Gasteiger partial charge is 0.273 e. The maximum atomic E-state index is 13.5. The lowest BCUT2D eigenvalue weighted by Crippen LogP contribution is -2.12. The van der Waals surface area contributed by atoms with Gasteiger partial charge in [-0.15, -0.1) is 0 Å². The summed E-state index contributed by atoms with van der Waals surface area (Å²) >= 11 is 6.11. The lowest BCUT2D eigenvalue weighted by molar-refractivity contribution is 0.102. The molecule has 0 radical (unpaired) electrons. The van der Waals surface area contributed by atoms with Crippen molar-refractivity contribution in [3.63, 3.8) is 0 Å². The van der Waals surface area contributed by atoms with E-state index in [1.165, 1.54) is 6.07 Å². The molecule has 1 amide bonds. The molecule has 1 aromatic heterocycles. The molecule has 23 heavy (non-hydrogen) atoms. The van der Waals surface area contributed by atoms with Crippen molar-refractivity contribution >= 4 is 23.2 Å². The van der Waals surface area contributed by atoms with E-state index < -0.39 is 5.91 Å². The quantitative estimate of drug-likeness (QED) is 0.746. The third-order valence-electron chi connectivity index (χ3n) is 3.40. The van der Waals surface area contributed by atoms with Gasteiger partial charge in [-0.05, 0) is 36.8 Å². The molecule has 1 heterocycles. The van der Waals surface area contributed by atoms with Crippen molar-refractivity contribution in [1.29, 1.82) is 0 Å². The van der Waals surface area contributed by atoms with Crippen LogP contribution in [0, 0.1) is 12.7 Å². The first-order valence-electron chi connectivity index (χ1n) is 6.92. The number of carbonyl (C=O) groups excluding carboxylic acids is 1. The molecule has 2 N–H and O–H groups in total. The predicted octanol–water partition coefficient (Wildman–Crippen LogP) is 4.43. The Morgan fingerprint density at radius 1 is 1.22 bits per heavy atom. The second-order valence-electron chi connectivity index (χ2n) is 5.06. The van der Waals surface area contributed by atoms with Crippen LogP contribution in [0.1, 0.15) is 16.1 Å². The molecule has 4 nitrogen and oxygen atoms in total. The van der Waals surface area contributed by atoms with Crippen LogP contribution < -0.4 is 5.32 Å². The summed E-state index contributed by atoms with van der Waals surface area (Å²) in [7, 11) is 0. The molecule has 0 saturated heterocycles. The van der Waals surface area contributed by atoms with Gasteiger partial charge in [0.1, 0.15) is 11.5 Å². The molecule has 3 aromatic rings. The zero-order chi connectivity index (χ0) is 16.4. The lowest BCUT2D eigenvalue weighted by Gasteiger charge is -2.04. The van der Waals surface area contributed by atoms with Gasteiger partial charge < -0.3 is 5.32 Å². The molecule has 2 aromatic carbocycles. The first-order valence-corrected chi connectivity index (χ1v) is 7.30. The van der Waals surface area contributed by atoms with Gasteiger partial charge in [0.15, 0.2) is 0 Å². The Kier molecular flexibility index (Phi) is 4.12. The molecule has 0 bridgehead atoms. The number of anilines is 1. The largest absolute Gasteiger partial charge is 0.321 e. The van der Waals surface area contributed by atoms with E-state index in [9.17, 15) is 9.18 Å². The van der Waals surface area contributed by atoms with Gasteiger partial charge in [0, 0.05) is 11.3 Å². The number of aromatic nitrogens is 2. The van der Waals surface area contributed by atoms with Crippen LogP contribution in [0.25, 0.3) is 11.3 Å². The zero-order valence-corrected chi connectivity index (χ0v) is 13.0. The summed E-state index contributed by atoms with van der Waals surface area (Å²) in [6.07, 6.45) is 0. The number of amides is 1. The van der Waals surface area contributed by atoms with Crippen LogP contribution >= 0.6 is 11.6 Å². The minimum atomic E-state index is -0.404. The van der Waals surface area contributed by atoms with Crippen molar-refractivity contribution in [1.82, 2.24) is 10.2 Å². The van der Waals surface area contributed by atoms with Crippen LogP contribution in [0.15, 0.2) is 48.5 Å². The van der Waals surface area contributed by atoms with Crippen molar-refractivity contribution in [2.45, 2.75) is 6.92 Å². The van der Waals surface area contributed by atoms with E-state index in [0.29, 0.717) is 22.0 Å². The molecule has 0 spiro atoms. The van der Waals surface area contributed by atoms with E-state index in [2.05, 4.69) is 15.5 Å². The number of benzene rings is 2. The summed E-state index contributed by atoms with van der Waals surface area (Å²) in [5.41, 5.74) is 2.46. The first kappa shape index (κ1) is 15.2. The van der Waals surface area contributed by atoms with Crippen LogP contribution in [0.4, 0.5) is 10.1 Å². The topological polar surface area (TPSA) is 57.8 Å². The average Bonchev–Trinajstić information content (AvgIpc) is 3.01. The minimum absolute atomic E-state index is 0.265. The number of carbonyl (C=O) groups is 1. The molecular formula is C17H13ClFN3O. The number of hydrogen-bond donors (Lipinski definition) is 2. The Morgan fingerprint density at radius 2 is 2.00 bits per heavy atom. The number of aromatic amines is 1. The average molecular weight is 330 g/mol. The van der Waals surface area contributed by atoms with Crippen molar-refractivity contribution in [2.75, 3.05) is 5.32 Å². The van der Waals surface area contributed by atoms with E-state index in [0.717, 1.165) is 5.56 Å². The van der Waals surface area contributed by atoms with Gasteiger partial charge in [0.05, 0.1) is 10.7 Å². The summed E-state index contributed by atoms with van der Waals surface area (Å²) in [6, 6.07) is 13.3. The third kappa shape index (κ3) is 3.24. The summed E-state index contributed by atoms with van der Waals surface area (Å²) < 4.78 is 13.5. The number of nitrogens with zero attached hydrogens (tertiary/aromatic N) is 1. The summed E-state index contributed by atoms with van der Waals surface area (Å²) in [5, 5.41) is 9.93. The molecule has 0 saturated carbocycles. The summed E-state index contributed by atoms with van der Waals surface area (Å²) in [4.78, 5) is 12.2. The third-order valence-corrected chi connectivity index (χ3v) is 3.73. The van der Waals surface area contributed by atoms with Gasteiger partial charge >= 0.3 is 0 Å². The Balaban J connectivity index is 1.81. The van der Waals surface area contributed by atoms with Crippen molar-refractivity contribution in [3.8, 4) is 11.3 Å². The monoisotopic (exact) mass is 329 g/mol. The molecule has 0 aliphatic rings. The maximum absolute atomic E-state index is 13.5. The highest BCUT2D eigenvalue weighted by atomic mass is 35.5. The molecule has 3 rings (SSSR count). The zero-order valence-electron chi connectivity index (χ0n) is 12.2. The molecule has 0 fully saturated rings. The molecule has 0 atom stereocenters. The van der Waals surface area contributed by atoms with Crippen LogP contribution in [-0.2, 0) is 0 Å². The SMILES string of the molecule is Cc1ccc(NC(=O)c2cc(-c3ccccc3Cl)n[nH]2)cc1F. The number of rotatable bonds is 3. The Morgan fingerprint density at radius 3 is 2.74 bits per heavy atom. The number of aryl methyl sites for hydroxylation is 1. The molecule has 0 unspecified atom stereocenters. The highest BCUT2D eigenvalue weighted by molar-refractivity contribution is 6.33. The Bertz CT molecular complexity index is 876. The van der Waals surface area contributed by atoms with Crippen LogP contribution in [-0.4, -0.2) is 16.1 Å². The van der Waals surface area contributed by atoms with Gasteiger partial charge in [-0.1, -0.05) is 35.9 Å². The van der Waals surface area contributed by atoms with E-state index in [4.69, 9.17) is 11.6 Å². The van der Waals surface area contributed by atoms with Crippen molar-refractivity contribution in [3.05, 3.63) is 70.6 Å². The highest BCUT2D eigenvalue weighted by Gasteiger charge is 2.13. The number of nitrogens with one attached hydrogen (secondary N) is 2. The Labute approximate surface area is 137 Å². The molecule has 0 aliphatic heterocycles.